The van der Waals surface area contributed by atoms with Crippen LogP contribution < -0.4 is 9.64 Å². The smallest absolute Gasteiger partial charge is 0.222 e. The molecule has 0 radical (unpaired) electrons. The molecule has 0 bridgehead atoms. The highest BCUT2D eigenvalue weighted by Gasteiger charge is 2.29. The number of rotatable bonds is 4. The van der Waals surface area contributed by atoms with Crippen LogP contribution in [-0.4, -0.2) is 68.1 Å². The van der Waals surface area contributed by atoms with Crippen LogP contribution in [0.3, 0.4) is 0 Å². The Kier molecular flexibility index (Phi) is 5.61. The summed E-state index contributed by atoms with van der Waals surface area (Å²) >= 11 is 0. The molecule has 2 saturated heterocycles. The Hall–Kier alpha value is -1.75. The van der Waals surface area contributed by atoms with Crippen molar-refractivity contribution in [1.82, 2.24) is 9.80 Å². The van der Waals surface area contributed by atoms with Gasteiger partial charge in [0.1, 0.15) is 5.75 Å². The number of piperidine rings is 1. The van der Waals surface area contributed by atoms with E-state index in [4.69, 9.17) is 4.74 Å². The van der Waals surface area contributed by atoms with Crippen molar-refractivity contribution < 1.29 is 9.53 Å². The Morgan fingerprint density at radius 3 is 2.62 bits per heavy atom. The second kappa shape index (κ2) is 7.88. The summed E-state index contributed by atoms with van der Waals surface area (Å²) in [6, 6.07) is 8.77. The van der Waals surface area contributed by atoms with Crippen LogP contribution in [0.2, 0.25) is 0 Å². The SMILES string of the molecule is CCC(=O)N1CCCC(N2CCN(c3ccccc3OC)CC2)C1. The average Bonchev–Trinajstić information content (AvgIpc) is 2.67. The zero-order valence-electron chi connectivity index (χ0n) is 14.9. The number of para-hydroxylation sites is 2. The third kappa shape index (κ3) is 3.66. The number of carbonyl (C=O) groups excluding carboxylic acids is 1. The number of methoxy groups -OCH3 is 1. The van der Waals surface area contributed by atoms with Crippen molar-refractivity contribution in [2.45, 2.75) is 32.2 Å². The number of likely N-dealkylation sites (tertiary alicyclic amines) is 1. The van der Waals surface area contributed by atoms with Gasteiger partial charge in [0.2, 0.25) is 5.91 Å². The van der Waals surface area contributed by atoms with Gasteiger partial charge in [0, 0.05) is 51.7 Å². The normalized spacial score (nSPS) is 22.5. The quantitative estimate of drug-likeness (QED) is 0.848. The molecule has 0 spiro atoms. The molecule has 0 aliphatic carbocycles. The van der Waals surface area contributed by atoms with Crippen molar-refractivity contribution in [2.75, 3.05) is 51.3 Å². The van der Waals surface area contributed by atoms with E-state index in [9.17, 15) is 4.79 Å². The van der Waals surface area contributed by atoms with Gasteiger partial charge in [-0.25, -0.2) is 0 Å². The number of anilines is 1. The van der Waals surface area contributed by atoms with Gasteiger partial charge in [-0.15, -0.1) is 0 Å². The zero-order chi connectivity index (χ0) is 16.9. The van der Waals surface area contributed by atoms with Gasteiger partial charge in [-0.2, -0.15) is 0 Å². The molecule has 132 valence electrons. The lowest BCUT2D eigenvalue weighted by atomic mass is 10.0. The van der Waals surface area contributed by atoms with Crippen molar-refractivity contribution >= 4 is 11.6 Å². The van der Waals surface area contributed by atoms with Gasteiger partial charge in [-0.05, 0) is 25.0 Å². The van der Waals surface area contributed by atoms with E-state index in [2.05, 4.69) is 26.8 Å². The number of benzene rings is 1. The Morgan fingerprint density at radius 2 is 1.92 bits per heavy atom. The molecule has 2 aliphatic heterocycles. The summed E-state index contributed by atoms with van der Waals surface area (Å²) in [4.78, 5) is 19.0. The summed E-state index contributed by atoms with van der Waals surface area (Å²) in [5, 5.41) is 0. The molecule has 1 amide bonds. The van der Waals surface area contributed by atoms with Crippen LogP contribution in [0, 0.1) is 0 Å². The molecule has 0 aromatic heterocycles. The van der Waals surface area contributed by atoms with Gasteiger partial charge >= 0.3 is 0 Å². The van der Waals surface area contributed by atoms with Gasteiger partial charge in [-0.1, -0.05) is 19.1 Å². The lowest BCUT2D eigenvalue weighted by Crippen LogP contribution is -2.55. The predicted octanol–water partition coefficient (Wildman–Crippen LogP) is 2.22. The summed E-state index contributed by atoms with van der Waals surface area (Å²) in [5.74, 6) is 1.25. The molecule has 2 fully saturated rings. The van der Waals surface area contributed by atoms with Crippen molar-refractivity contribution in [3.63, 3.8) is 0 Å². The average molecular weight is 331 g/mol. The number of piperazine rings is 1. The van der Waals surface area contributed by atoms with Crippen LogP contribution in [0.4, 0.5) is 5.69 Å². The molecule has 24 heavy (non-hydrogen) atoms. The monoisotopic (exact) mass is 331 g/mol. The third-order valence-electron chi connectivity index (χ3n) is 5.31. The van der Waals surface area contributed by atoms with E-state index >= 15 is 0 Å². The molecule has 1 atom stereocenters. The van der Waals surface area contributed by atoms with Crippen LogP contribution in [0.15, 0.2) is 24.3 Å². The molecular formula is C19H29N3O2. The number of ether oxygens (including phenoxy) is 1. The lowest BCUT2D eigenvalue weighted by molar-refractivity contribution is -0.133. The lowest BCUT2D eigenvalue weighted by Gasteiger charge is -2.44. The molecule has 1 aromatic rings. The third-order valence-corrected chi connectivity index (χ3v) is 5.31. The van der Waals surface area contributed by atoms with E-state index < -0.39 is 0 Å². The molecule has 2 aliphatic rings. The van der Waals surface area contributed by atoms with Gasteiger partial charge in [-0.3, -0.25) is 9.69 Å². The number of carbonyl (C=O) groups is 1. The van der Waals surface area contributed by atoms with Gasteiger partial charge in [0.15, 0.2) is 0 Å². The highest BCUT2D eigenvalue weighted by Crippen LogP contribution is 2.29. The molecule has 0 N–H and O–H groups in total. The standard InChI is InChI=1S/C19H29N3O2/c1-3-19(23)22-10-6-7-16(15-22)20-11-13-21(14-12-20)17-8-4-5-9-18(17)24-2/h4-5,8-9,16H,3,6-7,10-15H2,1-2H3. The fourth-order valence-corrected chi connectivity index (χ4v) is 3.92. The maximum Gasteiger partial charge on any atom is 0.222 e. The summed E-state index contributed by atoms with van der Waals surface area (Å²) in [6.07, 6.45) is 2.96. The van der Waals surface area contributed by atoms with Crippen molar-refractivity contribution in [3.8, 4) is 5.75 Å². The first-order valence-corrected chi connectivity index (χ1v) is 9.12. The Bertz CT molecular complexity index is 555. The summed E-state index contributed by atoms with van der Waals surface area (Å²) in [7, 11) is 1.73. The van der Waals surface area contributed by atoms with Crippen LogP contribution in [0.25, 0.3) is 0 Å². The second-order valence-corrected chi connectivity index (χ2v) is 6.68. The fraction of sp³-hybridized carbons (Fsp3) is 0.632. The number of amides is 1. The second-order valence-electron chi connectivity index (χ2n) is 6.68. The fourth-order valence-electron chi connectivity index (χ4n) is 3.92. The summed E-state index contributed by atoms with van der Waals surface area (Å²) < 4.78 is 5.50. The van der Waals surface area contributed by atoms with E-state index in [1.807, 2.05) is 19.1 Å². The van der Waals surface area contributed by atoms with E-state index in [1.54, 1.807) is 7.11 Å². The van der Waals surface area contributed by atoms with Crippen LogP contribution in [0.5, 0.6) is 5.75 Å². The highest BCUT2D eigenvalue weighted by molar-refractivity contribution is 5.75. The predicted molar refractivity (Wildman–Crippen MR) is 96.7 cm³/mol. The summed E-state index contributed by atoms with van der Waals surface area (Å²) in [6.45, 7) is 7.93. The van der Waals surface area contributed by atoms with E-state index in [-0.39, 0.29) is 0 Å². The van der Waals surface area contributed by atoms with Gasteiger partial charge < -0.3 is 14.5 Å². The zero-order valence-corrected chi connectivity index (χ0v) is 14.9. The van der Waals surface area contributed by atoms with Crippen molar-refractivity contribution in [2.24, 2.45) is 0 Å². The number of hydrogen-bond acceptors (Lipinski definition) is 4. The van der Waals surface area contributed by atoms with Crippen molar-refractivity contribution in [3.05, 3.63) is 24.3 Å². The summed E-state index contributed by atoms with van der Waals surface area (Å²) in [5.41, 5.74) is 1.19. The Morgan fingerprint density at radius 1 is 1.17 bits per heavy atom. The van der Waals surface area contributed by atoms with Crippen LogP contribution >= 0.6 is 0 Å². The molecule has 5 heteroatoms. The maximum absolute atomic E-state index is 12.0. The largest absolute Gasteiger partial charge is 0.495 e. The van der Waals surface area contributed by atoms with Crippen molar-refractivity contribution in [1.29, 1.82) is 0 Å². The number of nitrogens with zero attached hydrogens (tertiary/aromatic N) is 3. The first-order valence-electron chi connectivity index (χ1n) is 9.12. The van der Waals surface area contributed by atoms with Gasteiger partial charge in [0.25, 0.3) is 0 Å². The first-order chi connectivity index (χ1) is 11.7. The highest BCUT2D eigenvalue weighted by atomic mass is 16.5. The molecule has 1 unspecified atom stereocenters. The van der Waals surface area contributed by atoms with E-state index in [1.165, 1.54) is 12.1 Å². The van der Waals surface area contributed by atoms with E-state index in [0.717, 1.165) is 51.4 Å². The number of hydrogen-bond donors (Lipinski definition) is 0. The molecular weight excluding hydrogens is 302 g/mol. The topological polar surface area (TPSA) is 36.0 Å². The molecule has 1 aromatic carbocycles. The Balaban J connectivity index is 1.58. The van der Waals surface area contributed by atoms with Gasteiger partial charge in [0.05, 0.1) is 12.8 Å². The molecule has 2 heterocycles. The first kappa shape index (κ1) is 17.1. The minimum absolute atomic E-state index is 0.298. The van der Waals surface area contributed by atoms with Crippen LogP contribution in [-0.2, 0) is 4.79 Å². The minimum atomic E-state index is 0.298. The molecule has 0 saturated carbocycles. The van der Waals surface area contributed by atoms with E-state index in [0.29, 0.717) is 18.4 Å². The molecule has 3 rings (SSSR count). The minimum Gasteiger partial charge on any atom is -0.495 e. The maximum atomic E-state index is 12.0. The van der Waals surface area contributed by atoms with Crippen LogP contribution in [0.1, 0.15) is 26.2 Å². The Labute approximate surface area is 145 Å². The molecule has 5 nitrogen and oxygen atoms in total.